The van der Waals surface area contributed by atoms with Crippen LogP contribution in [0.5, 0.6) is 11.5 Å². The van der Waals surface area contributed by atoms with Crippen molar-refractivity contribution in [2.24, 2.45) is 9.98 Å². The summed E-state index contributed by atoms with van der Waals surface area (Å²) in [6, 6.07) is 11.7. The number of phenols is 2. The predicted molar refractivity (Wildman–Crippen MR) is 137 cm³/mol. The van der Waals surface area contributed by atoms with Gasteiger partial charge in [-0.2, -0.15) is 0 Å². The summed E-state index contributed by atoms with van der Waals surface area (Å²) in [5.41, 5.74) is 3.53. The van der Waals surface area contributed by atoms with Gasteiger partial charge >= 0.3 is 0 Å². The van der Waals surface area contributed by atoms with Crippen molar-refractivity contribution in [2.75, 3.05) is 42.3 Å². The van der Waals surface area contributed by atoms with Crippen LogP contribution in [0, 0.1) is 0 Å². The molecule has 3 rings (SSSR count). The summed E-state index contributed by atoms with van der Waals surface area (Å²) in [4.78, 5) is 9.60. The first-order valence-corrected chi connectivity index (χ1v) is 11.3. The molecular weight excluding hydrogens is 560 g/mol. The maximum Gasteiger partial charge on any atom is 0.135 e. The second kappa shape index (κ2) is 12.3. The Morgan fingerprint density at radius 2 is 1.03 bits per heavy atom. The lowest BCUT2D eigenvalue weighted by Gasteiger charge is -2.26. The van der Waals surface area contributed by atoms with Gasteiger partial charge in [-0.15, -0.1) is 0 Å². The minimum atomic E-state index is 0. The maximum atomic E-state index is 10.5. The standard InChI is InChI=1S/C26H36N4O2.2BrH/c1-29(2,3)21-13-11-19(25(31)15-21)17-27-23-9-7-8-10-24(23)28-18-20-12-14-22(16-26(20)32)30(4,5)6;;/h11-18,23-24H,7-10H2,1-6H3;2*1H/t23-,24-;;/m0../s1. The van der Waals surface area contributed by atoms with Crippen LogP contribution in [0.1, 0.15) is 36.8 Å². The third-order valence-corrected chi connectivity index (χ3v) is 6.08. The Bertz CT molecular complexity index is 929. The highest BCUT2D eigenvalue weighted by atomic mass is 79.9. The highest BCUT2D eigenvalue weighted by Crippen LogP contribution is 2.28. The van der Waals surface area contributed by atoms with Gasteiger partial charge in [0, 0.05) is 47.8 Å². The van der Waals surface area contributed by atoms with Gasteiger partial charge in [0.1, 0.15) is 22.9 Å². The van der Waals surface area contributed by atoms with Crippen molar-refractivity contribution in [1.29, 1.82) is 0 Å². The molecule has 0 aromatic heterocycles. The monoisotopic (exact) mass is 596 g/mol. The summed E-state index contributed by atoms with van der Waals surface area (Å²) in [6.45, 7) is 0. The van der Waals surface area contributed by atoms with Gasteiger partial charge in [-0.25, -0.2) is 0 Å². The molecule has 2 atom stereocenters. The summed E-state index contributed by atoms with van der Waals surface area (Å²) >= 11 is 0. The highest BCUT2D eigenvalue weighted by Gasteiger charge is 2.24. The Morgan fingerprint density at radius 1 is 0.676 bits per heavy atom. The summed E-state index contributed by atoms with van der Waals surface area (Å²) < 4.78 is 1.29. The smallest absolute Gasteiger partial charge is 0.135 e. The van der Waals surface area contributed by atoms with E-state index in [0.29, 0.717) is 8.97 Å². The number of halogens is 2. The molecule has 1 aliphatic rings. The molecule has 6 nitrogen and oxygen atoms in total. The van der Waals surface area contributed by atoms with Gasteiger partial charge in [-0.1, -0.05) is 12.8 Å². The fourth-order valence-electron chi connectivity index (χ4n) is 3.91. The second-order valence-electron chi connectivity index (χ2n) is 10.5. The first-order chi connectivity index (χ1) is 14.9. The average Bonchev–Trinajstić information content (AvgIpc) is 2.71. The minimum Gasteiger partial charge on any atom is -1.00 e. The fraction of sp³-hybridized carbons (Fsp3) is 0.462. The summed E-state index contributed by atoms with van der Waals surface area (Å²) in [6.07, 6.45) is 7.76. The molecule has 0 aliphatic heterocycles. The van der Waals surface area contributed by atoms with E-state index in [2.05, 4.69) is 42.3 Å². The molecule has 34 heavy (non-hydrogen) atoms. The number of nitrogens with zero attached hydrogens (tertiary/aromatic N) is 4. The molecule has 0 unspecified atom stereocenters. The summed E-state index contributed by atoms with van der Waals surface area (Å²) in [7, 11) is 12.4. The van der Waals surface area contributed by atoms with Crippen molar-refractivity contribution in [1.82, 2.24) is 8.97 Å². The molecule has 8 heteroatoms. The van der Waals surface area contributed by atoms with Crippen LogP contribution in [-0.2, 0) is 0 Å². The summed E-state index contributed by atoms with van der Waals surface area (Å²) in [5.74, 6) is 0.495. The number of quaternary nitrogens is 2. The molecule has 0 saturated heterocycles. The first-order valence-electron chi connectivity index (χ1n) is 11.3. The lowest BCUT2D eigenvalue weighted by Crippen LogP contribution is -3.00. The Morgan fingerprint density at radius 3 is 1.32 bits per heavy atom. The molecule has 0 spiro atoms. The zero-order chi connectivity index (χ0) is 23.5. The number of phenolic OH excluding ortho intramolecular Hbond substituents is 2. The number of aliphatic imine (C=N–C) groups is 2. The normalized spacial score (nSPS) is 19.1. The van der Waals surface area contributed by atoms with Crippen LogP contribution in [0.3, 0.4) is 0 Å². The third-order valence-electron chi connectivity index (χ3n) is 6.08. The number of rotatable bonds is 6. The SMILES string of the molecule is C[N+](C)(C)c1ccc(C=N[C@H]2CCCC[C@@H]2N=Cc2ccc([N+](C)(C)C)cc2O)c(O)c1.[Br-].[Br-]. The van der Waals surface area contributed by atoms with E-state index in [4.69, 9.17) is 9.98 Å². The van der Waals surface area contributed by atoms with Gasteiger partial charge in [-0.05, 0) is 25.0 Å². The van der Waals surface area contributed by atoms with E-state index in [1.165, 1.54) is 0 Å². The topological polar surface area (TPSA) is 65.2 Å². The molecule has 0 radical (unpaired) electrons. The fourth-order valence-corrected chi connectivity index (χ4v) is 3.91. The van der Waals surface area contributed by atoms with Gasteiger partial charge in [0.15, 0.2) is 0 Å². The van der Waals surface area contributed by atoms with Crippen molar-refractivity contribution in [3.8, 4) is 11.5 Å². The first kappa shape index (κ1) is 30.3. The number of benzene rings is 2. The molecule has 2 aromatic rings. The molecular formula is C26H38Br2N4O2. The van der Waals surface area contributed by atoms with E-state index in [-0.39, 0.29) is 57.5 Å². The molecule has 0 heterocycles. The number of aromatic hydroxyl groups is 2. The maximum absolute atomic E-state index is 10.5. The van der Waals surface area contributed by atoms with Crippen molar-refractivity contribution in [3.05, 3.63) is 47.5 Å². The Labute approximate surface area is 225 Å². The Hall–Kier alpha value is -1.74. The van der Waals surface area contributed by atoms with Gasteiger partial charge in [0.2, 0.25) is 0 Å². The molecule has 1 fully saturated rings. The minimum absolute atomic E-state index is 0. The predicted octanol–water partition coefficient (Wildman–Crippen LogP) is -1.65. The zero-order valence-electron chi connectivity index (χ0n) is 21.0. The van der Waals surface area contributed by atoms with E-state index in [9.17, 15) is 10.2 Å². The van der Waals surface area contributed by atoms with Crippen LogP contribution in [-0.4, -0.2) is 77.0 Å². The summed E-state index contributed by atoms with van der Waals surface area (Å²) in [5, 5.41) is 20.9. The van der Waals surface area contributed by atoms with Crippen LogP contribution >= 0.6 is 0 Å². The largest absolute Gasteiger partial charge is 1.00 e. The van der Waals surface area contributed by atoms with Crippen molar-refractivity contribution < 1.29 is 44.2 Å². The molecule has 0 bridgehead atoms. The molecule has 1 saturated carbocycles. The Kier molecular flexibility index (Phi) is 10.9. The molecule has 0 amide bonds. The zero-order valence-corrected chi connectivity index (χ0v) is 24.2. The van der Waals surface area contributed by atoms with Crippen molar-refractivity contribution in [3.63, 3.8) is 0 Å². The van der Waals surface area contributed by atoms with Gasteiger partial charge in [0.25, 0.3) is 0 Å². The second-order valence-corrected chi connectivity index (χ2v) is 10.5. The van der Waals surface area contributed by atoms with E-state index >= 15 is 0 Å². The van der Waals surface area contributed by atoms with Crippen LogP contribution in [0.15, 0.2) is 46.4 Å². The van der Waals surface area contributed by atoms with Crippen LogP contribution in [0.4, 0.5) is 11.4 Å². The van der Waals surface area contributed by atoms with E-state index in [1.807, 2.05) is 24.3 Å². The van der Waals surface area contributed by atoms with Gasteiger partial charge in [-0.3, -0.25) is 19.0 Å². The van der Waals surface area contributed by atoms with Crippen molar-refractivity contribution >= 4 is 23.8 Å². The average molecular weight is 598 g/mol. The number of hydrogen-bond acceptors (Lipinski definition) is 4. The van der Waals surface area contributed by atoms with E-state index in [0.717, 1.165) is 48.2 Å². The van der Waals surface area contributed by atoms with Crippen molar-refractivity contribution in [2.45, 2.75) is 37.8 Å². The van der Waals surface area contributed by atoms with Gasteiger partial charge in [0.05, 0.1) is 54.4 Å². The molecule has 2 aromatic carbocycles. The quantitative estimate of drug-likeness (QED) is 0.310. The van der Waals surface area contributed by atoms with E-state index in [1.54, 1.807) is 24.6 Å². The molecule has 188 valence electrons. The molecule has 2 N–H and O–H groups in total. The molecule has 1 aliphatic carbocycles. The highest BCUT2D eigenvalue weighted by molar-refractivity contribution is 5.85. The van der Waals surface area contributed by atoms with Gasteiger partial charge < -0.3 is 44.2 Å². The lowest BCUT2D eigenvalue weighted by molar-refractivity contribution is -0.00100. The third kappa shape index (κ3) is 7.90. The Balaban J connectivity index is 0.00000289. The van der Waals surface area contributed by atoms with Crippen LogP contribution in [0.2, 0.25) is 0 Å². The number of hydrogen-bond donors (Lipinski definition) is 2. The van der Waals surface area contributed by atoms with Crippen LogP contribution in [0.25, 0.3) is 0 Å². The lowest BCUT2D eigenvalue weighted by atomic mass is 9.91. The van der Waals surface area contributed by atoms with E-state index < -0.39 is 0 Å². The van der Waals surface area contributed by atoms with Crippen LogP contribution < -0.4 is 42.9 Å².